The molecule has 234 valence electrons. The Kier molecular flexibility index (Phi) is 10.4. The fourth-order valence-electron chi connectivity index (χ4n) is 5.24. The molecule has 2 heterocycles. The first-order valence-corrected chi connectivity index (χ1v) is 15.0. The maximum atomic E-state index is 13.8. The molecule has 0 aliphatic heterocycles. The van der Waals surface area contributed by atoms with E-state index in [1.54, 1.807) is 12.4 Å². The number of fused-ring (bicyclic) bond motifs is 2. The van der Waals surface area contributed by atoms with Crippen molar-refractivity contribution in [2.75, 3.05) is 0 Å². The predicted octanol–water partition coefficient (Wildman–Crippen LogP) is 3.00. The van der Waals surface area contributed by atoms with Gasteiger partial charge in [-0.05, 0) is 35.1 Å². The Morgan fingerprint density at radius 2 is 1.25 bits per heavy atom. The molecule has 0 saturated heterocycles. The van der Waals surface area contributed by atoms with Crippen molar-refractivity contribution in [3.05, 3.63) is 72.1 Å². The van der Waals surface area contributed by atoms with Crippen molar-refractivity contribution in [3.8, 4) is 0 Å². The third-order valence-electron chi connectivity index (χ3n) is 8.26. The van der Waals surface area contributed by atoms with Gasteiger partial charge in [-0.2, -0.15) is 0 Å². The van der Waals surface area contributed by atoms with Crippen LogP contribution in [-0.4, -0.2) is 62.9 Å². The zero-order chi connectivity index (χ0) is 32.0. The highest BCUT2D eigenvalue weighted by Gasteiger charge is 2.33. The summed E-state index contributed by atoms with van der Waals surface area (Å²) in [5.74, 6) is -3.25. The summed E-state index contributed by atoms with van der Waals surface area (Å²) in [7, 11) is 0. The van der Waals surface area contributed by atoms with Gasteiger partial charge in [0.25, 0.3) is 0 Å². The molecule has 5 unspecified atom stereocenters. The Balaban J connectivity index is 1.60. The second kappa shape index (κ2) is 14.2. The number of rotatable bonds is 14. The van der Waals surface area contributed by atoms with E-state index in [-0.39, 0.29) is 24.7 Å². The van der Waals surface area contributed by atoms with Crippen molar-refractivity contribution < 1.29 is 24.3 Å². The number of benzene rings is 2. The van der Waals surface area contributed by atoms with E-state index in [0.717, 1.165) is 32.9 Å². The van der Waals surface area contributed by atoms with Gasteiger partial charge in [-0.25, -0.2) is 4.79 Å². The largest absolute Gasteiger partial charge is 0.480 e. The molecule has 44 heavy (non-hydrogen) atoms. The third-order valence-corrected chi connectivity index (χ3v) is 8.26. The van der Waals surface area contributed by atoms with Crippen LogP contribution in [0.2, 0.25) is 0 Å². The monoisotopic (exact) mass is 602 g/mol. The number of nitrogens with one attached hydrogen (secondary N) is 5. The molecule has 4 rings (SSSR count). The van der Waals surface area contributed by atoms with E-state index in [1.165, 1.54) is 0 Å². The summed E-state index contributed by atoms with van der Waals surface area (Å²) < 4.78 is 0. The lowest BCUT2D eigenvalue weighted by molar-refractivity contribution is -0.142. The Labute approximate surface area is 256 Å². The smallest absolute Gasteiger partial charge is 0.326 e. The van der Waals surface area contributed by atoms with Gasteiger partial charge in [0, 0.05) is 47.0 Å². The number of carboxylic acids is 1. The summed E-state index contributed by atoms with van der Waals surface area (Å²) in [6.45, 7) is 7.37. The molecule has 5 atom stereocenters. The van der Waals surface area contributed by atoms with Gasteiger partial charge in [0.15, 0.2) is 0 Å². The van der Waals surface area contributed by atoms with Gasteiger partial charge in [0.2, 0.25) is 17.7 Å². The molecular weight excluding hydrogens is 560 g/mol. The van der Waals surface area contributed by atoms with Crippen LogP contribution in [0.15, 0.2) is 60.9 Å². The highest BCUT2D eigenvalue weighted by atomic mass is 16.4. The topological polar surface area (TPSA) is 182 Å². The van der Waals surface area contributed by atoms with Crippen LogP contribution in [0.25, 0.3) is 21.8 Å². The maximum absolute atomic E-state index is 13.8. The van der Waals surface area contributed by atoms with E-state index in [0.29, 0.717) is 6.42 Å². The molecule has 0 aliphatic carbocycles. The summed E-state index contributed by atoms with van der Waals surface area (Å²) >= 11 is 0. The number of nitrogens with two attached hydrogens (primary N) is 1. The van der Waals surface area contributed by atoms with Gasteiger partial charge in [0.05, 0.1) is 6.04 Å². The first-order valence-electron chi connectivity index (χ1n) is 15.0. The number of aliphatic carboxylic acids is 1. The van der Waals surface area contributed by atoms with Crippen LogP contribution in [-0.2, 0) is 32.0 Å². The Hall–Kier alpha value is -4.64. The average Bonchev–Trinajstić information content (AvgIpc) is 3.62. The summed E-state index contributed by atoms with van der Waals surface area (Å²) in [6, 6.07) is 11.0. The normalized spacial score (nSPS) is 15.0. The highest BCUT2D eigenvalue weighted by molar-refractivity contribution is 5.95. The van der Waals surface area contributed by atoms with Gasteiger partial charge < -0.3 is 36.8 Å². The fourth-order valence-corrected chi connectivity index (χ4v) is 5.24. The number of carbonyl (C=O) groups is 4. The zero-order valence-corrected chi connectivity index (χ0v) is 25.5. The molecular formula is C33H42N6O5. The van der Waals surface area contributed by atoms with Gasteiger partial charge in [0.1, 0.15) is 18.1 Å². The van der Waals surface area contributed by atoms with Crippen LogP contribution in [0.5, 0.6) is 0 Å². The van der Waals surface area contributed by atoms with Crippen molar-refractivity contribution in [2.24, 2.45) is 17.6 Å². The van der Waals surface area contributed by atoms with Crippen molar-refractivity contribution in [3.63, 3.8) is 0 Å². The van der Waals surface area contributed by atoms with E-state index in [4.69, 9.17) is 5.73 Å². The molecule has 11 nitrogen and oxygen atoms in total. The maximum Gasteiger partial charge on any atom is 0.326 e. The number of hydrogen-bond donors (Lipinski definition) is 7. The minimum atomic E-state index is -1.25. The van der Waals surface area contributed by atoms with E-state index >= 15 is 0 Å². The summed E-state index contributed by atoms with van der Waals surface area (Å²) in [5, 5.41) is 20.1. The number of aromatic amines is 2. The van der Waals surface area contributed by atoms with Crippen LogP contribution in [0, 0.1) is 11.8 Å². The van der Waals surface area contributed by atoms with Crippen LogP contribution in [0.4, 0.5) is 0 Å². The minimum absolute atomic E-state index is 0.0392. The quantitative estimate of drug-likeness (QED) is 0.116. The molecule has 0 saturated carbocycles. The SMILES string of the molecule is CCC(C)C(NC(=O)C(N)C(C)C)C(=O)NC(Cc1c[nH]c2ccccc12)C(=O)NC(Cc1c[nH]c2ccccc12)C(=O)O. The van der Waals surface area contributed by atoms with E-state index in [9.17, 15) is 24.3 Å². The second-order valence-electron chi connectivity index (χ2n) is 11.7. The number of hydrogen-bond acceptors (Lipinski definition) is 5. The Morgan fingerprint density at radius 1 is 0.750 bits per heavy atom. The first kappa shape index (κ1) is 32.3. The molecule has 3 amide bonds. The standard InChI is InChI=1S/C33H42N6O5/c1-5-19(4)29(39-31(41)28(34)18(2)3)32(42)37-26(14-20-16-35-24-12-8-6-10-22(20)24)30(40)38-27(33(43)44)15-21-17-36-25-13-9-7-11-23(21)25/h6-13,16-19,26-29,35-36H,5,14-15,34H2,1-4H3,(H,37,42)(H,38,40)(H,39,41)(H,43,44). The van der Waals surface area contributed by atoms with Crippen LogP contribution in [0.1, 0.15) is 45.2 Å². The molecule has 0 bridgehead atoms. The van der Waals surface area contributed by atoms with Crippen LogP contribution >= 0.6 is 0 Å². The molecule has 11 heteroatoms. The number of H-pyrrole nitrogens is 2. The number of para-hydroxylation sites is 2. The van der Waals surface area contributed by atoms with Gasteiger partial charge in [-0.15, -0.1) is 0 Å². The average molecular weight is 603 g/mol. The number of aromatic nitrogens is 2. The number of amides is 3. The lowest BCUT2D eigenvalue weighted by atomic mass is 9.95. The van der Waals surface area contributed by atoms with Crippen molar-refractivity contribution in [2.45, 2.75) is 71.1 Å². The Morgan fingerprint density at radius 3 is 1.75 bits per heavy atom. The summed E-state index contributed by atoms with van der Waals surface area (Å²) in [6.07, 6.45) is 4.22. The number of carbonyl (C=O) groups excluding carboxylic acids is 3. The zero-order valence-electron chi connectivity index (χ0n) is 25.5. The predicted molar refractivity (Wildman–Crippen MR) is 170 cm³/mol. The molecule has 4 aromatic rings. The molecule has 0 aliphatic rings. The van der Waals surface area contributed by atoms with Crippen molar-refractivity contribution in [1.82, 2.24) is 25.9 Å². The highest BCUT2D eigenvalue weighted by Crippen LogP contribution is 2.21. The molecule has 2 aromatic heterocycles. The minimum Gasteiger partial charge on any atom is -0.480 e. The molecule has 8 N–H and O–H groups in total. The Bertz CT molecular complexity index is 1620. The first-order chi connectivity index (χ1) is 21.0. The molecule has 2 aromatic carbocycles. The molecule has 0 fully saturated rings. The van der Waals surface area contributed by atoms with E-state index in [2.05, 4.69) is 25.9 Å². The fraction of sp³-hybridized carbons (Fsp3) is 0.394. The van der Waals surface area contributed by atoms with Crippen molar-refractivity contribution in [1.29, 1.82) is 0 Å². The van der Waals surface area contributed by atoms with Gasteiger partial charge in [-0.3, -0.25) is 14.4 Å². The van der Waals surface area contributed by atoms with Crippen LogP contribution < -0.4 is 21.7 Å². The summed E-state index contributed by atoms with van der Waals surface area (Å²) in [5.41, 5.74) is 9.29. The third kappa shape index (κ3) is 7.46. The van der Waals surface area contributed by atoms with Gasteiger partial charge in [-0.1, -0.05) is 70.5 Å². The van der Waals surface area contributed by atoms with Crippen molar-refractivity contribution >= 4 is 45.5 Å². The lowest BCUT2D eigenvalue weighted by Gasteiger charge is -2.28. The molecule has 0 radical (unpaired) electrons. The summed E-state index contributed by atoms with van der Waals surface area (Å²) in [4.78, 5) is 59.0. The van der Waals surface area contributed by atoms with Crippen LogP contribution in [0.3, 0.4) is 0 Å². The molecule has 0 spiro atoms. The van der Waals surface area contributed by atoms with E-state index in [1.807, 2.05) is 76.2 Å². The number of carboxylic acid groups (broad SMARTS) is 1. The van der Waals surface area contributed by atoms with E-state index < -0.39 is 47.9 Å². The second-order valence-corrected chi connectivity index (χ2v) is 11.7. The lowest BCUT2D eigenvalue weighted by Crippen LogP contribution is -2.59. The van der Waals surface area contributed by atoms with Gasteiger partial charge >= 0.3 is 5.97 Å².